The van der Waals surface area contributed by atoms with Crippen molar-refractivity contribution in [2.75, 3.05) is 0 Å². The Morgan fingerprint density at radius 1 is 0.968 bits per heavy atom. The van der Waals surface area contributed by atoms with Crippen LogP contribution in [0.1, 0.15) is 37.8 Å². The molecule has 0 aliphatic carbocycles. The number of allylic oxidation sites excluding steroid dienone is 2. The summed E-state index contributed by atoms with van der Waals surface area (Å²) in [5.41, 5.74) is 3.01. The molecule has 0 aliphatic rings. The Balaban J connectivity index is 0.00000480. The molecule has 0 saturated heterocycles. The number of halogens is 2. The van der Waals surface area contributed by atoms with E-state index in [-0.39, 0.29) is 53.5 Å². The fraction of sp³-hybridized carbons (Fsp3) is 0.292. The molecule has 2 atom stereocenters. The maximum absolute atomic E-state index is 13.4. The van der Waals surface area contributed by atoms with Crippen LogP contribution >= 0.6 is 0 Å². The van der Waals surface area contributed by atoms with Gasteiger partial charge in [-0.25, -0.2) is 8.78 Å². The van der Waals surface area contributed by atoms with Gasteiger partial charge in [-0.15, -0.1) is 0 Å². The number of aliphatic hydroxyl groups is 2. The van der Waals surface area contributed by atoms with Crippen molar-refractivity contribution in [1.29, 1.82) is 0 Å². The zero-order chi connectivity index (χ0) is 22.3. The molecule has 0 fully saturated rings. The van der Waals surface area contributed by atoms with Gasteiger partial charge in [-0.05, 0) is 52.5 Å². The first-order chi connectivity index (χ1) is 14.2. The molecule has 0 bridgehead atoms. The van der Waals surface area contributed by atoms with Gasteiger partial charge in [0.2, 0.25) is 0 Å². The number of aliphatic carboxylic acids is 1. The van der Waals surface area contributed by atoms with E-state index in [1.807, 2.05) is 13.8 Å². The summed E-state index contributed by atoms with van der Waals surface area (Å²) in [7, 11) is 0. The number of hydrogen-bond donors (Lipinski definition) is 2. The first kappa shape index (κ1) is 27.2. The maximum Gasteiger partial charge on any atom is 1.00 e. The Bertz CT molecular complexity index is 859. The molecule has 0 radical (unpaired) electrons. The van der Waals surface area contributed by atoms with Gasteiger partial charge in [0.1, 0.15) is 11.6 Å². The van der Waals surface area contributed by atoms with Gasteiger partial charge in [0.15, 0.2) is 0 Å². The average Bonchev–Trinajstić information content (AvgIpc) is 2.66. The molecular weight excluding hydrogens is 413 g/mol. The van der Waals surface area contributed by atoms with Gasteiger partial charge < -0.3 is 20.1 Å². The molecule has 2 rings (SSSR count). The second-order valence-electron chi connectivity index (χ2n) is 7.39. The second-order valence-corrected chi connectivity index (χ2v) is 7.39. The molecule has 0 amide bonds. The molecule has 0 aromatic heterocycles. The van der Waals surface area contributed by atoms with Crippen molar-refractivity contribution in [2.45, 2.75) is 38.9 Å². The maximum atomic E-state index is 13.4. The molecule has 0 spiro atoms. The second kappa shape index (κ2) is 12.9. The van der Waals surface area contributed by atoms with Gasteiger partial charge in [-0.2, -0.15) is 0 Å². The van der Waals surface area contributed by atoms with E-state index < -0.39 is 24.6 Å². The molecule has 160 valence electrons. The topological polar surface area (TPSA) is 80.6 Å². The van der Waals surface area contributed by atoms with Gasteiger partial charge >= 0.3 is 29.6 Å². The van der Waals surface area contributed by atoms with Crippen molar-refractivity contribution in [3.8, 4) is 0 Å². The van der Waals surface area contributed by atoms with Crippen LogP contribution in [0.3, 0.4) is 0 Å². The molecule has 0 aliphatic heterocycles. The predicted octanol–water partition coefficient (Wildman–Crippen LogP) is 0.235. The zero-order valence-corrected chi connectivity index (χ0v) is 19.9. The van der Waals surface area contributed by atoms with Gasteiger partial charge in [-0.3, -0.25) is 0 Å². The van der Waals surface area contributed by atoms with E-state index in [1.54, 1.807) is 30.3 Å². The summed E-state index contributed by atoms with van der Waals surface area (Å²) in [6.45, 7) is 3.90. The molecule has 0 heterocycles. The number of carboxylic acids is 1. The first-order valence-corrected chi connectivity index (χ1v) is 9.67. The van der Waals surface area contributed by atoms with E-state index in [2.05, 4.69) is 0 Å². The number of benzene rings is 2. The smallest absolute Gasteiger partial charge is 0.550 e. The fourth-order valence-corrected chi connectivity index (χ4v) is 3.15. The van der Waals surface area contributed by atoms with Crippen LogP contribution in [0.4, 0.5) is 8.78 Å². The quantitative estimate of drug-likeness (QED) is 0.434. The number of carbonyl (C=O) groups is 1. The van der Waals surface area contributed by atoms with Crippen molar-refractivity contribution < 1.29 is 58.5 Å². The van der Waals surface area contributed by atoms with Crippen LogP contribution in [0.5, 0.6) is 0 Å². The van der Waals surface area contributed by atoms with Crippen LogP contribution < -0.4 is 34.7 Å². The molecule has 4 nitrogen and oxygen atoms in total. The van der Waals surface area contributed by atoms with Crippen molar-refractivity contribution in [1.82, 2.24) is 0 Å². The Labute approximate surface area is 203 Å². The number of rotatable bonds is 9. The Morgan fingerprint density at radius 2 is 1.42 bits per heavy atom. The van der Waals surface area contributed by atoms with Crippen LogP contribution in [0.15, 0.2) is 66.3 Å². The molecule has 2 unspecified atom stereocenters. The van der Waals surface area contributed by atoms with E-state index in [9.17, 15) is 28.9 Å². The Kier molecular flexibility index (Phi) is 11.3. The third-order valence-electron chi connectivity index (χ3n) is 4.59. The van der Waals surface area contributed by atoms with Crippen molar-refractivity contribution in [3.05, 3.63) is 89.0 Å². The molecule has 31 heavy (non-hydrogen) atoms. The fourth-order valence-electron chi connectivity index (χ4n) is 3.15. The van der Waals surface area contributed by atoms with Crippen LogP contribution in [0.2, 0.25) is 0 Å². The van der Waals surface area contributed by atoms with Crippen molar-refractivity contribution in [3.63, 3.8) is 0 Å². The number of carboxylic acid groups (broad SMARTS) is 1. The van der Waals surface area contributed by atoms with E-state index in [0.29, 0.717) is 0 Å². The number of hydrogen-bond acceptors (Lipinski definition) is 4. The SMILES string of the molecule is CC(C)C(C=CC(O)CC(O)CC(=O)[O-])=C(c1ccc(F)cc1)c1ccc(F)cc1.[Na+]. The number of carbonyl (C=O) groups excluding carboxylic acids is 1. The molecule has 0 saturated carbocycles. The predicted molar refractivity (Wildman–Crippen MR) is 109 cm³/mol. The minimum atomic E-state index is -1.39. The Morgan fingerprint density at radius 3 is 1.81 bits per heavy atom. The minimum Gasteiger partial charge on any atom is -0.550 e. The van der Waals surface area contributed by atoms with Crippen molar-refractivity contribution >= 4 is 11.5 Å². The van der Waals surface area contributed by atoms with Crippen LogP contribution in [-0.4, -0.2) is 28.4 Å². The third-order valence-corrected chi connectivity index (χ3v) is 4.59. The minimum absolute atomic E-state index is 0. The molecule has 2 aromatic rings. The molecule has 2 aromatic carbocycles. The first-order valence-electron chi connectivity index (χ1n) is 9.67. The summed E-state index contributed by atoms with van der Waals surface area (Å²) in [5, 5.41) is 30.4. The molecule has 2 N–H and O–H groups in total. The largest absolute Gasteiger partial charge is 1.00 e. The van der Waals surface area contributed by atoms with Gasteiger partial charge in [-0.1, -0.05) is 50.3 Å². The van der Waals surface area contributed by atoms with E-state index in [1.165, 1.54) is 30.3 Å². The van der Waals surface area contributed by atoms with Gasteiger partial charge in [0, 0.05) is 18.8 Å². The number of aliphatic hydroxyl groups excluding tert-OH is 2. The normalized spacial score (nSPS) is 13.0. The summed E-state index contributed by atoms with van der Waals surface area (Å²) >= 11 is 0. The monoisotopic (exact) mass is 438 g/mol. The van der Waals surface area contributed by atoms with E-state index in [4.69, 9.17) is 0 Å². The zero-order valence-electron chi connectivity index (χ0n) is 17.9. The summed E-state index contributed by atoms with van der Waals surface area (Å²) in [5.74, 6) is -2.16. The van der Waals surface area contributed by atoms with Crippen molar-refractivity contribution in [2.24, 2.45) is 5.92 Å². The average molecular weight is 438 g/mol. The molecule has 7 heteroatoms. The standard InChI is InChI=1S/C24H26F2O4.Na/c1-15(2)22(12-11-20(27)13-21(28)14-23(29)30)24(16-3-7-18(25)8-4-16)17-5-9-19(26)10-6-17;/h3-12,15,20-21,27-28H,13-14H2,1-2H3,(H,29,30);/q;+1/p-1. The van der Waals surface area contributed by atoms with Gasteiger partial charge in [0.05, 0.1) is 12.2 Å². The summed E-state index contributed by atoms with van der Waals surface area (Å²) in [6, 6.07) is 11.9. The van der Waals surface area contributed by atoms with Crippen LogP contribution in [0, 0.1) is 17.6 Å². The Hall–Kier alpha value is -1.83. The summed E-state index contributed by atoms with van der Waals surface area (Å²) < 4.78 is 26.9. The molecular formula is C24H25F2NaO4. The van der Waals surface area contributed by atoms with E-state index in [0.717, 1.165) is 22.3 Å². The van der Waals surface area contributed by atoms with Crippen LogP contribution in [0.25, 0.3) is 5.57 Å². The summed E-state index contributed by atoms with van der Waals surface area (Å²) in [6.07, 6.45) is 0.154. The summed E-state index contributed by atoms with van der Waals surface area (Å²) in [4.78, 5) is 10.6. The van der Waals surface area contributed by atoms with Crippen LogP contribution in [-0.2, 0) is 4.79 Å². The van der Waals surface area contributed by atoms with Gasteiger partial charge in [0.25, 0.3) is 0 Å². The van der Waals surface area contributed by atoms with E-state index >= 15 is 0 Å². The third kappa shape index (κ3) is 8.67.